The van der Waals surface area contributed by atoms with Gasteiger partial charge in [-0.25, -0.2) is 4.68 Å². The Labute approximate surface area is 167 Å². The maximum atomic E-state index is 12.5. The molecule has 0 unspecified atom stereocenters. The van der Waals surface area contributed by atoms with E-state index < -0.39 is 11.8 Å². The molecule has 1 saturated heterocycles. The molecular weight excluding hydrogens is 380 g/mol. The number of nitrogens with zero attached hydrogens (tertiary/aromatic N) is 2. The van der Waals surface area contributed by atoms with Crippen molar-refractivity contribution >= 4 is 29.4 Å². The zero-order valence-corrected chi connectivity index (χ0v) is 16.4. The smallest absolute Gasteiger partial charge is 0.314 e. The molecule has 28 heavy (non-hydrogen) atoms. The van der Waals surface area contributed by atoms with E-state index in [1.165, 1.54) is 0 Å². The fourth-order valence-electron chi connectivity index (χ4n) is 3.31. The highest BCUT2D eigenvalue weighted by Gasteiger charge is 2.27. The minimum Gasteiger partial charge on any atom is -0.497 e. The second-order valence-corrected chi connectivity index (χ2v) is 7.66. The van der Waals surface area contributed by atoms with Gasteiger partial charge in [0.1, 0.15) is 11.6 Å². The zero-order valence-electron chi connectivity index (χ0n) is 15.6. The van der Waals surface area contributed by atoms with Crippen molar-refractivity contribution in [1.29, 1.82) is 0 Å². The zero-order chi connectivity index (χ0) is 19.5. The molecule has 0 spiro atoms. The van der Waals surface area contributed by atoms with E-state index in [0.29, 0.717) is 19.0 Å². The van der Waals surface area contributed by atoms with Gasteiger partial charge in [0.05, 0.1) is 24.6 Å². The fraction of sp³-hybridized carbons (Fsp3) is 0.421. The van der Waals surface area contributed by atoms with E-state index in [2.05, 4.69) is 15.7 Å². The van der Waals surface area contributed by atoms with Crippen molar-refractivity contribution in [2.24, 2.45) is 0 Å². The summed E-state index contributed by atoms with van der Waals surface area (Å²) in [7, 11) is 1.61. The van der Waals surface area contributed by atoms with Crippen LogP contribution < -0.4 is 15.4 Å². The number of rotatable bonds is 5. The van der Waals surface area contributed by atoms with Crippen molar-refractivity contribution in [3.63, 3.8) is 0 Å². The number of thioether (sulfide) groups is 1. The minimum absolute atomic E-state index is 0.0118. The van der Waals surface area contributed by atoms with Crippen molar-refractivity contribution in [2.45, 2.75) is 30.5 Å². The fourth-order valence-corrected chi connectivity index (χ4v) is 4.34. The predicted molar refractivity (Wildman–Crippen MR) is 106 cm³/mol. The van der Waals surface area contributed by atoms with Crippen LogP contribution in [0.3, 0.4) is 0 Å². The molecule has 2 N–H and O–H groups in total. The van der Waals surface area contributed by atoms with E-state index in [1.807, 2.05) is 24.3 Å². The number of carbonyl (C=O) groups excluding carboxylic acids is 2. The molecule has 2 aliphatic rings. The van der Waals surface area contributed by atoms with Gasteiger partial charge >= 0.3 is 11.8 Å². The van der Waals surface area contributed by atoms with E-state index in [4.69, 9.17) is 9.47 Å². The van der Waals surface area contributed by atoms with Crippen molar-refractivity contribution in [2.75, 3.05) is 25.6 Å². The Morgan fingerprint density at radius 3 is 2.82 bits per heavy atom. The molecule has 0 radical (unpaired) electrons. The molecule has 1 aromatic carbocycles. The second-order valence-electron chi connectivity index (χ2n) is 6.68. The van der Waals surface area contributed by atoms with Gasteiger partial charge in [-0.1, -0.05) is 0 Å². The second kappa shape index (κ2) is 8.24. The molecule has 1 atom stereocenters. The summed E-state index contributed by atoms with van der Waals surface area (Å²) in [5.74, 6) is 1.44. The maximum Gasteiger partial charge on any atom is 0.314 e. The largest absolute Gasteiger partial charge is 0.497 e. The van der Waals surface area contributed by atoms with Crippen molar-refractivity contribution in [3.8, 4) is 11.4 Å². The summed E-state index contributed by atoms with van der Waals surface area (Å²) >= 11 is 1.73. The molecule has 3 heterocycles. The number of hydrogen-bond acceptors (Lipinski definition) is 6. The van der Waals surface area contributed by atoms with Crippen LogP contribution in [-0.4, -0.2) is 48.0 Å². The summed E-state index contributed by atoms with van der Waals surface area (Å²) in [5, 5.41) is 10.0. The molecule has 4 rings (SSSR count). The van der Waals surface area contributed by atoms with Gasteiger partial charge in [0.25, 0.3) is 0 Å². The van der Waals surface area contributed by atoms with Crippen LogP contribution in [0.2, 0.25) is 0 Å². The normalized spacial score (nSPS) is 18.0. The van der Waals surface area contributed by atoms with Crippen LogP contribution >= 0.6 is 11.8 Å². The lowest BCUT2D eigenvalue weighted by atomic mass is 10.2. The molecule has 2 aliphatic heterocycles. The van der Waals surface area contributed by atoms with E-state index in [1.54, 1.807) is 23.6 Å². The number of ether oxygens (including phenoxy) is 2. The Balaban J connectivity index is 1.51. The number of nitrogens with one attached hydrogen (secondary N) is 2. The third-order valence-electron chi connectivity index (χ3n) is 4.82. The number of benzene rings is 1. The molecular formula is C19H22N4O4S. The summed E-state index contributed by atoms with van der Waals surface area (Å²) in [6, 6.07) is 7.39. The maximum absolute atomic E-state index is 12.5. The number of methoxy groups -OCH3 is 1. The van der Waals surface area contributed by atoms with Crippen LogP contribution in [0.15, 0.2) is 24.3 Å². The Morgan fingerprint density at radius 2 is 2.11 bits per heavy atom. The first-order valence-corrected chi connectivity index (χ1v) is 10.3. The first kappa shape index (κ1) is 18.8. The summed E-state index contributed by atoms with van der Waals surface area (Å²) in [6.07, 6.45) is 1.87. The third kappa shape index (κ3) is 3.85. The Kier molecular flexibility index (Phi) is 5.54. The van der Waals surface area contributed by atoms with Gasteiger partial charge in [-0.2, -0.15) is 16.9 Å². The molecule has 0 saturated carbocycles. The monoisotopic (exact) mass is 402 g/mol. The van der Waals surface area contributed by atoms with Gasteiger partial charge in [0.2, 0.25) is 0 Å². The lowest BCUT2D eigenvalue weighted by molar-refractivity contribution is -0.136. The molecule has 1 aromatic heterocycles. The van der Waals surface area contributed by atoms with Gasteiger partial charge in [-0.15, -0.1) is 0 Å². The Hall–Kier alpha value is -2.52. The van der Waals surface area contributed by atoms with Gasteiger partial charge < -0.3 is 20.1 Å². The quantitative estimate of drug-likeness (QED) is 0.742. The summed E-state index contributed by atoms with van der Waals surface area (Å²) in [5.41, 5.74) is 2.67. The topological polar surface area (TPSA) is 94.5 Å². The van der Waals surface area contributed by atoms with Crippen LogP contribution in [0, 0.1) is 0 Å². The van der Waals surface area contributed by atoms with Crippen LogP contribution in [-0.2, 0) is 25.8 Å². The van der Waals surface area contributed by atoms with Crippen LogP contribution in [0.1, 0.15) is 24.1 Å². The van der Waals surface area contributed by atoms with Crippen LogP contribution in [0.5, 0.6) is 5.75 Å². The highest BCUT2D eigenvalue weighted by molar-refractivity contribution is 7.98. The van der Waals surface area contributed by atoms with Gasteiger partial charge in [0.15, 0.2) is 0 Å². The van der Waals surface area contributed by atoms with Crippen molar-refractivity contribution in [3.05, 3.63) is 35.5 Å². The average Bonchev–Trinajstić information content (AvgIpc) is 3.45. The molecule has 0 aliphatic carbocycles. The Bertz CT molecular complexity index is 875. The first-order chi connectivity index (χ1) is 13.7. The van der Waals surface area contributed by atoms with E-state index >= 15 is 0 Å². The van der Waals surface area contributed by atoms with Crippen LogP contribution in [0.4, 0.5) is 5.82 Å². The Morgan fingerprint density at radius 1 is 1.29 bits per heavy atom. The third-order valence-corrected chi connectivity index (χ3v) is 5.79. The predicted octanol–water partition coefficient (Wildman–Crippen LogP) is 1.86. The van der Waals surface area contributed by atoms with E-state index in [9.17, 15) is 9.59 Å². The van der Waals surface area contributed by atoms with Crippen LogP contribution in [0.25, 0.3) is 5.69 Å². The number of anilines is 1. The lowest BCUT2D eigenvalue weighted by Gasteiger charge is -2.13. The standard InChI is InChI=1S/C19H22N4O4S/c1-26-13-6-4-12(5-7-13)23-17(15-10-28-11-16(15)22-23)21-19(25)18(24)20-9-14-3-2-8-27-14/h4-7,14H,2-3,8-11H2,1H3,(H,20,24)(H,21,25)/t14-/m0/s1. The molecule has 2 aromatic rings. The molecule has 1 fully saturated rings. The molecule has 0 bridgehead atoms. The van der Waals surface area contributed by atoms with Gasteiger partial charge in [0, 0.05) is 30.2 Å². The molecule has 8 nitrogen and oxygen atoms in total. The number of aromatic nitrogens is 2. The molecule has 2 amide bonds. The molecule has 148 valence electrons. The number of carbonyl (C=O) groups is 2. The molecule has 9 heteroatoms. The average molecular weight is 402 g/mol. The summed E-state index contributed by atoms with van der Waals surface area (Å²) in [6.45, 7) is 1.05. The first-order valence-electron chi connectivity index (χ1n) is 9.19. The highest BCUT2D eigenvalue weighted by atomic mass is 32.2. The number of amides is 2. The SMILES string of the molecule is COc1ccc(-n2nc3c(c2NC(=O)C(=O)NC[C@@H]2CCCO2)CSC3)cc1. The summed E-state index contributed by atoms with van der Waals surface area (Å²) < 4.78 is 12.3. The number of hydrogen-bond donors (Lipinski definition) is 2. The van der Waals surface area contributed by atoms with Gasteiger partial charge in [-0.05, 0) is 37.1 Å². The van der Waals surface area contributed by atoms with Gasteiger partial charge in [-0.3, -0.25) is 9.59 Å². The van der Waals surface area contributed by atoms with Crippen molar-refractivity contribution < 1.29 is 19.1 Å². The summed E-state index contributed by atoms with van der Waals surface area (Å²) in [4.78, 5) is 24.7. The lowest BCUT2D eigenvalue weighted by Crippen LogP contribution is -2.39. The van der Waals surface area contributed by atoms with Crippen molar-refractivity contribution in [1.82, 2.24) is 15.1 Å². The van der Waals surface area contributed by atoms with E-state index in [-0.39, 0.29) is 6.10 Å². The highest BCUT2D eigenvalue weighted by Crippen LogP contribution is 2.36. The number of fused-ring (bicyclic) bond motifs is 1. The van der Waals surface area contributed by atoms with E-state index in [0.717, 1.165) is 47.0 Å². The minimum atomic E-state index is -0.702.